The number of aromatic nitrogens is 2. The minimum absolute atomic E-state index is 0.0753. The fourth-order valence-corrected chi connectivity index (χ4v) is 5.03. The molecule has 5 rings (SSSR count). The van der Waals surface area contributed by atoms with Gasteiger partial charge in [0.25, 0.3) is 11.5 Å². The summed E-state index contributed by atoms with van der Waals surface area (Å²) in [6.07, 6.45) is 0.833. The molecule has 1 unspecified atom stereocenters. The lowest BCUT2D eigenvalue weighted by Crippen LogP contribution is -2.38. The van der Waals surface area contributed by atoms with Crippen molar-refractivity contribution in [1.29, 1.82) is 0 Å². The third kappa shape index (κ3) is 5.14. The predicted octanol–water partition coefficient (Wildman–Crippen LogP) is 7.55. The number of nitrogens with zero attached hydrogens (tertiary/aromatic N) is 3. The molecule has 0 aliphatic rings. The molecule has 1 aromatic heterocycles. The highest BCUT2D eigenvalue weighted by atomic mass is 79.9. The van der Waals surface area contributed by atoms with Crippen LogP contribution in [-0.2, 0) is 0 Å². The minimum Gasteiger partial charge on any atom is -0.329 e. The zero-order valence-corrected chi connectivity index (χ0v) is 23.4. The molecule has 1 atom stereocenters. The van der Waals surface area contributed by atoms with E-state index in [1.165, 1.54) is 0 Å². The molecule has 5 nitrogen and oxygen atoms in total. The van der Waals surface area contributed by atoms with Crippen molar-refractivity contribution in [2.24, 2.45) is 5.92 Å². The summed E-state index contributed by atoms with van der Waals surface area (Å²) in [5.74, 6) is 0.870. The molecule has 0 N–H and O–H groups in total. The van der Waals surface area contributed by atoms with Crippen LogP contribution in [-0.4, -0.2) is 26.9 Å². The van der Waals surface area contributed by atoms with Crippen molar-refractivity contribution >= 4 is 43.5 Å². The van der Waals surface area contributed by atoms with Crippen LogP contribution in [0.1, 0.15) is 49.4 Å². The van der Waals surface area contributed by atoms with E-state index in [9.17, 15) is 9.59 Å². The van der Waals surface area contributed by atoms with Gasteiger partial charge in [0.15, 0.2) is 0 Å². The minimum atomic E-state index is -0.450. The molecule has 1 amide bonds. The van der Waals surface area contributed by atoms with E-state index in [4.69, 9.17) is 4.98 Å². The van der Waals surface area contributed by atoms with Crippen molar-refractivity contribution in [1.82, 2.24) is 14.5 Å². The Hall–Kier alpha value is -3.77. The van der Waals surface area contributed by atoms with E-state index in [0.717, 1.165) is 21.7 Å². The zero-order valence-electron chi connectivity index (χ0n) is 21.8. The summed E-state index contributed by atoms with van der Waals surface area (Å²) in [6, 6.07) is 28.4. The second-order valence-electron chi connectivity index (χ2n) is 10.0. The monoisotopic (exact) mass is 567 g/mol. The standard InChI is InChI=1S/C32H30BrN3O2/c1-21(2)18-19-35(31(37)25-13-12-23-8-4-5-9-24(23)20-25)22(3)30-34-29-11-7-6-10-28(29)32(38)36(30)27-16-14-26(33)15-17-27/h4-17,20-22H,18-19H2,1-3H3. The number of carbonyl (C=O) groups is 1. The summed E-state index contributed by atoms with van der Waals surface area (Å²) in [4.78, 5) is 34.7. The van der Waals surface area contributed by atoms with Gasteiger partial charge in [-0.3, -0.25) is 14.2 Å². The first-order valence-corrected chi connectivity index (χ1v) is 13.7. The third-order valence-electron chi connectivity index (χ3n) is 6.93. The van der Waals surface area contributed by atoms with Gasteiger partial charge < -0.3 is 4.90 Å². The molecular weight excluding hydrogens is 538 g/mol. The van der Waals surface area contributed by atoms with Crippen LogP contribution in [0.3, 0.4) is 0 Å². The molecule has 0 spiro atoms. The predicted molar refractivity (Wildman–Crippen MR) is 158 cm³/mol. The topological polar surface area (TPSA) is 55.2 Å². The Balaban J connectivity index is 1.66. The van der Waals surface area contributed by atoms with Crippen LogP contribution in [0.4, 0.5) is 0 Å². The van der Waals surface area contributed by atoms with Gasteiger partial charge in [0.05, 0.1) is 22.6 Å². The molecule has 0 saturated heterocycles. The molecule has 0 aliphatic carbocycles. The van der Waals surface area contributed by atoms with Gasteiger partial charge in [-0.15, -0.1) is 0 Å². The molecule has 5 aromatic rings. The second-order valence-corrected chi connectivity index (χ2v) is 10.9. The Labute approximate surface area is 230 Å². The SMILES string of the molecule is CC(C)CCN(C(=O)c1ccc2ccccc2c1)C(C)c1nc2ccccc2c(=O)n1-c1ccc(Br)cc1. The maximum absolute atomic E-state index is 14.1. The average molecular weight is 569 g/mol. The first-order chi connectivity index (χ1) is 18.3. The van der Waals surface area contributed by atoms with Crippen LogP contribution in [0.5, 0.6) is 0 Å². The largest absolute Gasteiger partial charge is 0.329 e. The number of carbonyl (C=O) groups excluding carboxylic acids is 1. The van der Waals surface area contributed by atoms with Crippen molar-refractivity contribution in [3.8, 4) is 5.69 Å². The van der Waals surface area contributed by atoms with Gasteiger partial charge in [0.2, 0.25) is 0 Å². The van der Waals surface area contributed by atoms with E-state index in [-0.39, 0.29) is 11.5 Å². The molecule has 0 aliphatic heterocycles. The summed E-state index contributed by atoms with van der Waals surface area (Å²) in [6.45, 7) is 6.81. The molecule has 6 heteroatoms. The quantitative estimate of drug-likeness (QED) is 0.204. The van der Waals surface area contributed by atoms with Crippen molar-refractivity contribution in [3.05, 3.63) is 117 Å². The molecule has 1 heterocycles. The number of halogens is 1. The fourth-order valence-electron chi connectivity index (χ4n) is 4.77. The van der Waals surface area contributed by atoms with Crippen molar-refractivity contribution in [2.75, 3.05) is 6.54 Å². The highest BCUT2D eigenvalue weighted by Crippen LogP contribution is 2.27. The van der Waals surface area contributed by atoms with Crippen LogP contribution >= 0.6 is 15.9 Å². The van der Waals surface area contributed by atoms with Gasteiger partial charge in [-0.2, -0.15) is 0 Å². The molecular formula is C32H30BrN3O2. The molecule has 38 heavy (non-hydrogen) atoms. The summed E-state index contributed by atoms with van der Waals surface area (Å²) < 4.78 is 2.57. The van der Waals surface area contributed by atoms with Gasteiger partial charge >= 0.3 is 0 Å². The maximum Gasteiger partial charge on any atom is 0.266 e. The lowest BCUT2D eigenvalue weighted by molar-refractivity contribution is 0.0671. The Bertz CT molecular complexity index is 1670. The molecule has 0 fully saturated rings. The number of fused-ring (bicyclic) bond motifs is 2. The zero-order chi connectivity index (χ0) is 26.8. The number of hydrogen-bond acceptors (Lipinski definition) is 3. The van der Waals surface area contributed by atoms with Gasteiger partial charge in [0, 0.05) is 16.6 Å². The van der Waals surface area contributed by atoms with Crippen LogP contribution in [0.25, 0.3) is 27.4 Å². The maximum atomic E-state index is 14.1. The Kier molecular flexibility index (Phi) is 7.43. The Morgan fingerprint density at radius 2 is 1.58 bits per heavy atom. The lowest BCUT2D eigenvalue weighted by Gasteiger charge is -2.31. The molecule has 192 valence electrons. The summed E-state index contributed by atoms with van der Waals surface area (Å²) in [7, 11) is 0. The fraction of sp³-hybridized carbons (Fsp3) is 0.219. The highest BCUT2D eigenvalue weighted by molar-refractivity contribution is 9.10. The number of benzene rings is 4. The number of hydrogen-bond donors (Lipinski definition) is 0. The van der Waals surface area contributed by atoms with E-state index in [1.807, 2.05) is 96.8 Å². The van der Waals surface area contributed by atoms with E-state index in [1.54, 1.807) is 10.6 Å². The first kappa shape index (κ1) is 25.9. The number of para-hydroxylation sites is 1. The number of rotatable bonds is 7. The van der Waals surface area contributed by atoms with Gasteiger partial charge in [-0.25, -0.2) is 4.98 Å². The van der Waals surface area contributed by atoms with E-state index in [0.29, 0.717) is 40.4 Å². The van der Waals surface area contributed by atoms with E-state index < -0.39 is 6.04 Å². The van der Waals surface area contributed by atoms with Crippen molar-refractivity contribution in [2.45, 2.75) is 33.2 Å². The lowest BCUT2D eigenvalue weighted by atomic mass is 10.0. The van der Waals surface area contributed by atoms with Crippen LogP contribution < -0.4 is 5.56 Å². The summed E-state index contributed by atoms with van der Waals surface area (Å²) in [5.41, 5.74) is 1.80. The Morgan fingerprint density at radius 1 is 0.895 bits per heavy atom. The smallest absolute Gasteiger partial charge is 0.266 e. The van der Waals surface area contributed by atoms with E-state index in [2.05, 4.69) is 29.8 Å². The number of amides is 1. The molecule has 0 bridgehead atoms. The summed E-state index contributed by atoms with van der Waals surface area (Å²) in [5, 5.41) is 2.65. The molecule has 4 aromatic carbocycles. The Morgan fingerprint density at radius 3 is 2.32 bits per heavy atom. The van der Waals surface area contributed by atoms with Gasteiger partial charge in [-0.1, -0.05) is 72.2 Å². The van der Waals surface area contributed by atoms with Crippen molar-refractivity contribution < 1.29 is 4.79 Å². The second kappa shape index (κ2) is 10.9. The van der Waals surface area contributed by atoms with E-state index >= 15 is 0 Å². The average Bonchev–Trinajstić information content (AvgIpc) is 2.93. The normalized spacial score (nSPS) is 12.2. The third-order valence-corrected chi connectivity index (χ3v) is 7.46. The van der Waals surface area contributed by atoms with Crippen LogP contribution in [0, 0.1) is 5.92 Å². The highest BCUT2D eigenvalue weighted by Gasteiger charge is 2.28. The van der Waals surface area contributed by atoms with Crippen molar-refractivity contribution in [3.63, 3.8) is 0 Å². The molecule has 0 saturated carbocycles. The first-order valence-electron chi connectivity index (χ1n) is 12.9. The van der Waals surface area contributed by atoms with Gasteiger partial charge in [0.1, 0.15) is 5.82 Å². The van der Waals surface area contributed by atoms with Crippen LogP contribution in [0.2, 0.25) is 0 Å². The van der Waals surface area contributed by atoms with Gasteiger partial charge in [-0.05, 0) is 78.6 Å². The summed E-state index contributed by atoms with van der Waals surface area (Å²) >= 11 is 3.49. The molecule has 0 radical (unpaired) electrons. The van der Waals surface area contributed by atoms with Crippen LogP contribution in [0.15, 0.2) is 100 Å².